The maximum atomic E-state index is 4.55. The summed E-state index contributed by atoms with van der Waals surface area (Å²) in [7, 11) is 0. The van der Waals surface area contributed by atoms with Gasteiger partial charge in [-0.2, -0.15) is 5.10 Å². The number of rotatable bonds is 0. The summed E-state index contributed by atoms with van der Waals surface area (Å²) in [6, 6.07) is 0. The van der Waals surface area contributed by atoms with Crippen LogP contribution in [0.3, 0.4) is 0 Å². The van der Waals surface area contributed by atoms with Crippen LogP contribution in [0.4, 0.5) is 0 Å². The van der Waals surface area contributed by atoms with Crippen LogP contribution in [0.2, 0.25) is 0 Å². The molecule has 2 nitrogen and oxygen atoms in total. The largest absolute Gasteiger partial charge is 0.286 e. The van der Waals surface area contributed by atoms with Gasteiger partial charge in [-0.1, -0.05) is 40.0 Å². The van der Waals surface area contributed by atoms with E-state index >= 15 is 0 Å². The van der Waals surface area contributed by atoms with Crippen molar-refractivity contribution in [3.8, 4) is 0 Å². The summed E-state index contributed by atoms with van der Waals surface area (Å²) in [5.41, 5.74) is 6.24. The number of allylic oxidation sites excluding steroid dienone is 1. The highest BCUT2D eigenvalue weighted by Crippen LogP contribution is 2.35. The highest BCUT2D eigenvalue weighted by molar-refractivity contribution is 5.93. The zero-order valence-corrected chi connectivity index (χ0v) is 10.8. The van der Waals surface area contributed by atoms with Crippen molar-refractivity contribution in [2.75, 3.05) is 0 Å². The molecule has 1 saturated carbocycles. The van der Waals surface area contributed by atoms with Crippen molar-refractivity contribution >= 4 is 5.71 Å². The average Bonchev–Trinajstić information content (AvgIpc) is 2.16. The predicted molar refractivity (Wildman–Crippen MR) is 69.3 cm³/mol. The molecule has 0 aromatic heterocycles. The van der Waals surface area contributed by atoms with Gasteiger partial charge in [-0.05, 0) is 24.8 Å². The van der Waals surface area contributed by atoms with E-state index in [9.17, 15) is 0 Å². The third-order valence-electron chi connectivity index (χ3n) is 3.69. The van der Waals surface area contributed by atoms with Crippen LogP contribution in [-0.4, -0.2) is 5.71 Å². The van der Waals surface area contributed by atoms with E-state index in [1.807, 2.05) is 0 Å². The lowest BCUT2D eigenvalue weighted by atomic mass is 9.74. The Morgan fingerprint density at radius 3 is 2.69 bits per heavy atom. The molecule has 0 saturated heterocycles. The molecular formula is C14H24N2. The summed E-state index contributed by atoms with van der Waals surface area (Å²) in [6.45, 7) is 6.82. The van der Waals surface area contributed by atoms with E-state index < -0.39 is 0 Å². The van der Waals surface area contributed by atoms with Gasteiger partial charge in [-0.25, -0.2) is 0 Å². The van der Waals surface area contributed by atoms with Crippen molar-refractivity contribution < 1.29 is 0 Å². The quantitative estimate of drug-likeness (QED) is 0.659. The topological polar surface area (TPSA) is 24.4 Å². The predicted octanol–water partition coefficient (Wildman–Crippen LogP) is 3.85. The fraction of sp³-hybridized carbons (Fsp3) is 0.786. The standard InChI is InChI=1S/C14H24N2/c1-14(2,3)13-12-9-7-5-4-6-8-11(12)10-15-16-13/h10,12,15H,4-9H2,1-3H3. The molecule has 2 rings (SSSR count). The minimum Gasteiger partial charge on any atom is -0.286 e. The van der Waals surface area contributed by atoms with Crippen LogP contribution < -0.4 is 5.43 Å². The Morgan fingerprint density at radius 2 is 1.94 bits per heavy atom. The Morgan fingerprint density at radius 1 is 1.19 bits per heavy atom. The number of hydrazone groups is 1. The molecule has 0 aromatic rings. The molecule has 1 unspecified atom stereocenters. The summed E-state index contributed by atoms with van der Waals surface area (Å²) in [4.78, 5) is 0. The first-order valence-electron chi connectivity index (χ1n) is 6.61. The first-order chi connectivity index (χ1) is 7.59. The van der Waals surface area contributed by atoms with Gasteiger partial charge < -0.3 is 0 Å². The molecule has 0 aromatic carbocycles. The average molecular weight is 220 g/mol. The molecule has 1 aliphatic carbocycles. The number of hydrogen-bond acceptors (Lipinski definition) is 2. The minimum atomic E-state index is 0.191. The minimum absolute atomic E-state index is 0.191. The summed E-state index contributed by atoms with van der Waals surface area (Å²) in [5, 5.41) is 4.55. The van der Waals surface area contributed by atoms with Crippen LogP contribution in [-0.2, 0) is 0 Å². The van der Waals surface area contributed by atoms with E-state index in [-0.39, 0.29) is 5.41 Å². The third-order valence-corrected chi connectivity index (χ3v) is 3.69. The Balaban J connectivity index is 2.19. The van der Waals surface area contributed by atoms with Gasteiger partial charge >= 0.3 is 0 Å². The van der Waals surface area contributed by atoms with Crippen molar-refractivity contribution in [3.05, 3.63) is 11.8 Å². The normalized spacial score (nSPS) is 26.8. The lowest BCUT2D eigenvalue weighted by Crippen LogP contribution is -2.35. The molecule has 1 fully saturated rings. The van der Waals surface area contributed by atoms with Crippen LogP contribution in [0.25, 0.3) is 0 Å². The first kappa shape index (κ1) is 11.7. The van der Waals surface area contributed by atoms with E-state index in [1.165, 1.54) is 44.2 Å². The maximum Gasteiger partial charge on any atom is 0.0507 e. The van der Waals surface area contributed by atoms with Crippen molar-refractivity contribution in [2.45, 2.75) is 59.3 Å². The van der Waals surface area contributed by atoms with E-state index in [1.54, 1.807) is 5.57 Å². The second-order valence-electron chi connectivity index (χ2n) is 6.10. The SMILES string of the molecule is CC(C)(C)C1=NNC=C2CCCCCCC21. The lowest BCUT2D eigenvalue weighted by Gasteiger charge is -2.34. The van der Waals surface area contributed by atoms with Gasteiger partial charge in [-0.3, -0.25) is 5.43 Å². The van der Waals surface area contributed by atoms with Gasteiger partial charge in [0.1, 0.15) is 0 Å². The number of fused-ring (bicyclic) bond motifs is 1. The molecule has 2 heteroatoms. The molecule has 0 spiro atoms. The molecule has 1 aliphatic heterocycles. The monoisotopic (exact) mass is 220 g/mol. The zero-order valence-electron chi connectivity index (χ0n) is 10.8. The van der Waals surface area contributed by atoms with Gasteiger partial charge in [0.25, 0.3) is 0 Å². The molecule has 90 valence electrons. The van der Waals surface area contributed by atoms with Crippen LogP contribution in [0.15, 0.2) is 16.9 Å². The Labute approximate surface area is 99.2 Å². The first-order valence-corrected chi connectivity index (χ1v) is 6.61. The Kier molecular flexibility index (Phi) is 3.36. The Bertz CT molecular complexity index is 307. The summed E-state index contributed by atoms with van der Waals surface area (Å²) in [6.07, 6.45) is 10.2. The second-order valence-corrected chi connectivity index (χ2v) is 6.10. The molecule has 1 N–H and O–H groups in total. The maximum absolute atomic E-state index is 4.55. The second kappa shape index (κ2) is 4.60. The van der Waals surface area contributed by atoms with E-state index in [2.05, 4.69) is 37.5 Å². The van der Waals surface area contributed by atoms with E-state index in [0.717, 1.165) is 0 Å². The molecule has 0 bridgehead atoms. The van der Waals surface area contributed by atoms with Gasteiger partial charge in [0.05, 0.1) is 5.71 Å². The fourth-order valence-electron chi connectivity index (χ4n) is 2.83. The molecule has 16 heavy (non-hydrogen) atoms. The van der Waals surface area contributed by atoms with Crippen molar-refractivity contribution in [1.82, 2.24) is 5.43 Å². The lowest BCUT2D eigenvalue weighted by molar-refractivity contribution is 0.473. The van der Waals surface area contributed by atoms with Gasteiger partial charge in [-0.15, -0.1) is 0 Å². The highest BCUT2D eigenvalue weighted by atomic mass is 15.3. The smallest absolute Gasteiger partial charge is 0.0507 e. The van der Waals surface area contributed by atoms with Gasteiger partial charge in [0.2, 0.25) is 0 Å². The van der Waals surface area contributed by atoms with Gasteiger partial charge in [0.15, 0.2) is 0 Å². The summed E-state index contributed by atoms with van der Waals surface area (Å²) >= 11 is 0. The molecule has 2 aliphatic rings. The molecule has 0 amide bonds. The van der Waals surface area contributed by atoms with Gasteiger partial charge in [0, 0.05) is 17.5 Å². The zero-order chi connectivity index (χ0) is 11.6. The van der Waals surface area contributed by atoms with Crippen LogP contribution >= 0.6 is 0 Å². The fourth-order valence-corrected chi connectivity index (χ4v) is 2.83. The van der Waals surface area contributed by atoms with Crippen LogP contribution in [0, 0.1) is 11.3 Å². The molecular weight excluding hydrogens is 196 g/mol. The third kappa shape index (κ3) is 2.47. The van der Waals surface area contributed by atoms with Crippen molar-refractivity contribution in [2.24, 2.45) is 16.4 Å². The van der Waals surface area contributed by atoms with E-state index in [0.29, 0.717) is 5.92 Å². The number of nitrogens with zero attached hydrogens (tertiary/aromatic N) is 1. The molecule has 1 atom stereocenters. The molecule has 0 radical (unpaired) electrons. The molecule has 1 heterocycles. The summed E-state index contributed by atoms with van der Waals surface area (Å²) in [5.74, 6) is 0.613. The highest BCUT2D eigenvalue weighted by Gasteiger charge is 2.31. The van der Waals surface area contributed by atoms with Crippen LogP contribution in [0.1, 0.15) is 59.3 Å². The van der Waals surface area contributed by atoms with E-state index in [4.69, 9.17) is 0 Å². The Hall–Kier alpha value is -0.790. The summed E-state index contributed by atoms with van der Waals surface area (Å²) < 4.78 is 0. The van der Waals surface area contributed by atoms with Crippen molar-refractivity contribution in [1.29, 1.82) is 0 Å². The number of nitrogens with one attached hydrogen (secondary N) is 1. The van der Waals surface area contributed by atoms with Crippen molar-refractivity contribution in [3.63, 3.8) is 0 Å². The van der Waals surface area contributed by atoms with Crippen LogP contribution in [0.5, 0.6) is 0 Å². The number of hydrogen-bond donors (Lipinski definition) is 1.